The highest BCUT2D eigenvalue weighted by Gasteiger charge is 2.22. The van der Waals surface area contributed by atoms with E-state index in [-0.39, 0.29) is 18.3 Å². The average Bonchev–Trinajstić information content (AvgIpc) is 3.58. The Balaban J connectivity index is 1.50. The molecular weight excluding hydrogens is 401 g/mol. The zero-order valence-electron chi connectivity index (χ0n) is 16.8. The highest BCUT2D eigenvalue weighted by atomic mass is 19.1. The topological polar surface area (TPSA) is 101 Å². The Kier molecular flexibility index (Phi) is 5.73. The van der Waals surface area contributed by atoms with Crippen LogP contribution in [0.3, 0.4) is 0 Å². The van der Waals surface area contributed by atoms with Crippen LogP contribution in [0.4, 0.5) is 10.1 Å². The summed E-state index contributed by atoms with van der Waals surface area (Å²) in [6, 6.07) is 8.99. The molecule has 1 fully saturated rings. The molecule has 1 aromatic carbocycles. The Morgan fingerprint density at radius 3 is 2.71 bits per heavy atom. The number of halogens is 1. The van der Waals surface area contributed by atoms with Crippen molar-refractivity contribution in [3.63, 3.8) is 0 Å². The fourth-order valence-electron chi connectivity index (χ4n) is 3.01. The summed E-state index contributed by atoms with van der Waals surface area (Å²) < 4.78 is 19.8. The van der Waals surface area contributed by atoms with Gasteiger partial charge in [-0.25, -0.2) is 9.18 Å². The van der Waals surface area contributed by atoms with E-state index >= 15 is 0 Å². The molecule has 4 rings (SSSR count). The molecule has 0 saturated heterocycles. The molecule has 2 aromatic heterocycles. The number of carbonyl (C=O) groups excluding carboxylic acids is 1. The van der Waals surface area contributed by atoms with Gasteiger partial charge < -0.3 is 15.2 Å². The van der Waals surface area contributed by atoms with Gasteiger partial charge in [0.1, 0.15) is 5.82 Å². The summed E-state index contributed by atoms with van der Waals surface area (Å²) in [4.78, 5) is 32.3. The van der Waals surface area contributed by atoms with Crippen LogP contribution in [-0.2, 0) is 11.3 Å². The van der Waals surface area contributed by atoms with Crippen LogP contribution in [0.15, 0.2) is 48.8 Å². The van der Waals surface area contributed by atoms with Crippen LogP contribution in [0, 0.1) is 12.7 Å². The first-order valence-corrected chi connectivity index (χ1v) is 9.78. The Morgan fingerprint density at radius 1 is 1.19 bits per heavy atom. The number of hydrogen-bond donors (Lipinski definition) is 2. The number of amides is 1. The number of aromatic carboxylic acids is 1. The lowest BCUT2D eigenvalue weighted by Crippen LogP contribution is -2.12. The molecule has 158 valence electrons. The van der Waals surface area contributed by atoms with E-state index in [1.807, 2.05) is 0 Å². The predicted molar refractivity (Wildman–Crippen MR) is 111 cm³/mol. The van der Waals surface area contributed by atoms with E-state index in [9.17, 15) is 19.1 Å². The van der Waals surface area contributed by atoms with E-state index in [0.29, 0.717) is 33.8 Å². The normalized spacial score (nSPS) is 13.1. The van der Waals surface area contributed by atoms with Gasteiger partial charge in [0, 0.05) is 34.8 Å². The quantitative estimate of drug-likeness (QED) is 0.592. The minimum Gasteiger partial charge on any atom is -0.478 e. The molecule has 1 aliphatic carbocycles. The largest absolute Gasteiger partial charge is 0.478 e. The Hall–Kier alpha value is -3.65. The van der Waals surface area contributed by atoms with E-state index in [1.165, 1.54) is 36.7 Å². The van der Waals surface area contributed by atoms with E-state index in [0.717, 1.165) is 12.8 Å². The summed E-state index contributed by atoms with van der Waals surface area (Å²) in [5.41, 5.74) is 2.39. The van der Waals surface area contributed by atoms with Crippen LogP contribution >= 0.6 is 0 Å². The van der Waals surface area contributed by atoms with Crippen molar-refractivity contribution < 1.29 is 23.8 Å². The van der Waals surface area contributed by atoms with Crippen LogP contribution in [0.1, 0.15) is 44.8 Å². The van der Waals surface area contributed by atoms with Crippen molar-refractivity contribution in [3.05, 3.63) is 77.0 Å². The van der Waals surface area contributed by atoms with Crippen molar-refractivity contribution in [2.24, 2.45) is 0 Å². The number of carboxylic acid groups (broad SMARTS) is 1. The van der Waals surface area contributed by atoms with Crippen LogP contribution in [0.25, 0.3) is 11.3 Å². The second-order valence-electron chi connectivity index (χ2n) is 7.36. The lowest BCUT2D eigenvalue weighted by molar-refractivity contribution is 0.0695. The third kappa shape index (κ3) is 4.92. The molecule has 1 saturated carbocycles. The summed E-state index contributed by atoms with van der Waals surface area (Å²) in [7, 11) is 0. The number of hydrogen-bond acceptors (Lipinski definition) is 5. The van der Waals surface area contributed by atoms with Gasteiger partial charge in [-0.1, -0.05) is 6.07 Å². The summed E-state index contributed by atoms with van der Waals surface area (Å²) >= 11 is 0. The molecule has 2 heterocycles. The number of carbonyl (C=O) groups is 2. The SMILES string of the molecule is Cc1ncc(-c2cc(C(=O)Nc3ccc(COC4CC4)c(F)c3)ccn2)cc1C(=O)O. The minimum absolute atomic E-state index is 0.0652. The maximum atomic E-state index is 14.3. The molecule has 0 aliphatic heterocycles. The first-order valence-electron chi connectivity index (χ1n) is 9.78. The monoisotopic (exact) mass is 421 g/mol. The van der Waals surface area contributed by atoms with Gasteiger partial charge in [0.05, 0.1) is 29.7 Å². The molecule has 0 radical (unpaired) electrons. The molecule has 0 spiro atoms. The lowest BCUT2D eigenvalue weighted by atomic mass is 10.1. The number of nitrogens with zero attached hydrogens (tertiary/aromatic N) is 2. The maximum Gasteiger partial charge on any atom is 0.337 e. The molecular formula is C23H20FN3O4. The maximum absolute atomic E-state index is 14.3. The second-order valence-corrected chi connectivity index (χ2v) is 7.36. The summed E-state index contributed by atoms with van der Waals surface area (Å²) in [6.07, 6.45) is 5.21. The van der Waals surface area contributed by atoms with Gasteiger partial charge in [-0.3, -0.25) is 14.8 Å². The molecule has 3 aromatic rings. The number of ether oxygens (including phenoxy) is 1. The highest BCUT2D eigenvalue weighted by molar-refractivity contribution is 6.04. The highest BCUT2D eigenvalue weighted by Crippen LogP contribution is 2.26. The van der Waals surface area contributed by atoms with Crippen molar-refractivity contribution in [2.75, 3.05) is 5.32 Å². The minimum atomic E-state index is -1.09. The van der Waals surface area contributed by atoms with Gasteiger partial charge in [-0.05, 0) is 50.1 Å². The number of anilines is 1. The zero-order chi connectivity index (χ0) is 22.0. The van der Waals surface area contributed by atoms with Crippen molar-refractivity contribution in [1.82, 2.24) is 9.97 Å². The van der Waals surface area contributed by atoms with Crippen LogP contribution in [-0.4, -0.2) is 33.1 Å². The second kappa shape index (κ2) is 8.61. The average molecular weight is 421 g/mol. The van der Waals surface area contributed by atoms with Crippen molar-refractivity contribution in [1.29, 1.82) is 0 Å². The first-order chi connectivity index (χ1) is 14.9. The number of rotatable bonds is 7. The Morgan fingerprint density at radius 2 is 2.00 bits per heavy atom. The molecule has 0 unspecified atom stereocenters. The molecule has 31 heavy (non-hydrogen) atoms. The van der Waals surface area contributed by atoms with Gasteiger partial charge in [0.15, 0.2) is 0 Å². The van der Waals surface area contributed by atoms with Crippen LogP contribution in [0.2, 0.25) is 0 Å². The smallest absolute Gasteiger partial charge is 0.337 e. The number of pyridine rings is 2. The van der Waals surface area contributed by atoms with Crippen LogP contribution < -0.4 is 5.32 Å². The van der Waals surface area contributed by atoms with E-state index in [4.69, 9.17) is 4.74 Å². The summed E-state index contributed by atoms with van der Waals surface area (Å²) in [5.74, 6) is -1.97. The summed E-state index contributed by atoms with van der Waals surface area (Å²) in [6.45, 7) is 1.81. The van der Waals surface area contributed by atoms with E-state index < -0.39 is 17.7 Å². The third-order valence-electron chi connectivity index (χ3n) is 4.95. The number of aryl methyl sites for hydroxylation is 1. The predicted octanol–water partition coefficient (Wildman–Crippen LogP) is 4.22. The first kappa shape index (κ1) is 20.6. The fourth-order valence-corrected chi connectivity index (χ4v) is 3.01. The van der Waals surface area contributed by atoms with Crippen molar-refractivity contribution >= 4 is 17.6 Å². The van der Waals surface area contributed by atoms with Gasteiger partial charge in [-0.2, -0.15) is 0 Å². The number of nitrogens with one attached hydrogen (secondary N) is 1. The van der Waals surface area contributed by atoms with Gasteiger partial charge in [0.25, 0.3) is 5.91 Å². The van der Waals surface area contributed by atoms with E-state index in [2.05, 4.69) is 15.3 Å². The number of carboxylic acids is 1. The fraction of sp³-hybridized carbons (Fsp3) is 0.217. The molecule has 8 heteroatoms. The molecule has 0 atom stereocenters. The van der Waals surface area contributed by atoms with Crippen molar-refractivity contribution in [2.45, 2.75) is 32.5 Å². The standard InChI is InChI=1S/C23H20FN3O4/c1-13-19(23(29)30)8-16(11-26-13)21-9-14(6-7-25-21)22(28)27-17-3-2-15(20(24)10-17)12-31-18-4-5-18/h2-3,6-11,18H,4-5,12H2,1H3,(H,27,28)(H,29,30). The van der Waals surface area contributed by atoms with E-state index in [1.54, 1.807) is 19.1 Å². The Labute approximate surface area is 177 Å². The number of benzene rings is 1. The molecule has 1 aliphatic rings. The molecule has 1 amide bonds. The zero-order valence-corrected chi connectivity index (χ0v) is 16.8. The lowest BCUT2D eigenvalue weighted by Gasteiger charge is -2.10. The number of aromatic nitrogens is 2. The van der Waals surface area contributed by atoms with Gasteiger partial charge >= 0.3 is 5.97 Å². The molecule has 7 nitrogen and oxygen atoms in total. The van der Waals surface area contributed by atoms with Gasteiger partial charge in [0.2, 0.25) is 0 Å². The van der Waals surface area contributed by atoms with Crippen molar-refractivity contribution in [3.8, 4) is 11.3 Å². The Bertz CT molecular complexity index is 1160. The van der Waals surface area contributed by atoms with Crippen LogP contribution in [0.5, 0.6) is 0 Å². The summed E-state index contributed by atoms with van der Waals surface area (Å²) in [5, 5.41) is 12.0. The molecule has 0 bridgehead atoms. The van der Waals surface area contributed by atoms with Gasteiger partial charge in [-0.15, -0.1) is 0 Å². The molecule has 2 N–H and O–H groups in total. The third-order valence-corrected chi connectivity index (χ3v) is 4.95.